The number of carbonyl (C=O) groups is 1. The lowest BCUT2D eigenvalue weighted by atomic mass is 10.1. The number of aromatic amines is 1. The van der Waals surface area contributed by atoms with Gasteiger partial charge < -0.3 is 9.72 Å². The molecule has 0 aliphatic rings. The first kappa shape index (κ1) is 12.0. The van der Waals surface area contributed by atoms with E-state index >= 15 is 0 Å². The number of aromatic nitrogens is 1. The molecule has 1 N–H and O–H groups in total. The van der Waals surface area contributed by atoms with E-state index in [4.69, 9.17) is 10.00 Å². The Morgan fingerprint density at radius 3 is 2.75 bits per heavy atom. The summed E-state index contributed by atoms with van der Waals surface area (Å²) >= 11 is 0. The predicted molar refractivity (Wildman–Crippen MR) is 57.1 cm³/mol. The van der Waals surface area contributed by atoms with E-state index < -0.39 is 11.5 Å². The van der Waals surface area contributed by atoms with Crippen LogP contribution in [0.5, 0.6) is 0 Å². The van der Waals surface area contributed by atoms with Crippen LogP contribution in [0.25, 0.3) is 0 Å². The molecule has 1 rings (SSSR count). The van der Waals surface area contributed by atoms with Gasteiger partial charge in [-0.3, -0.25) is 4.79 Å². The van der Waals surface area contributed by atoms with Gasteiger partial charge in [0.15, 0.2) is 0 Å². The fraction of sp³-hybridized carbons (Fsp3) is 0.364. The number of aryl methyl sites for hydroxylation is 1. The van der Waals surface area contributed by atoms with Gasteiger partial charge in [0, 0.05) is 5.69 Å². The number of carbonyl (C=O) groups excluding carboxylic acids is 1. The second-order valence-electron chi connectivity index (χ2n) is 3.09. The quantitative estimate of drug-likeness (QED) is 0.770. The molecule has 0 saturated heterocycles. The molecule has 0 aliphatic carbocycles. The minimum atomic E-state index is -0.521. The summed E-state index contributed by atoms with van der Waals surface area (Å²) in [5.74, 6) is -0.521. The van der Waals surface area contributed by atoms with Crippen molar-refractivity contribution in [1.82, 2.24) is 4.98 Å². The number of nitrogens with zero attached hydrogens (tertiary/aromatic N) is 1. The van der Waals surface area contributed by atoms with Crippen molar-refractivity contribution in [1.29, 1.82) is 5.26 Å². The van der Waals surface area contributed by atoms with E-state index in [-0.39, 0.29) is 17.7 Å². The minimum Gasteiger partial charge on any atom is -0.462 e. The van der Waals surface area contributed by atoms with Crippen molar-refractivity contribution >= 4 is 5.97 Å². The second kappa shape index (κ2) is 5.12. The van der Waals surface area contributed by atoms with Crippen molar-refractivity contribution in [2.45, 2.75) is 20.3 Å². The van der Waals surface area contributed by atoms with Gasteiger partial charge in [0.25, 0.3) is 5.56 Å². The Morgan fingerprint density at radius 2 is 2.25 bits per heavy atom. The highest BCUT2D eigenvalue weighted by Crippen LogP contribution is 2.08. The van der Waals surface area contributed by atoms with Crippen LogP contribution in [0.2, 0.25) is 0 Å². The summed E-state index contributed by atoms with van der Waals surface area (Å²) in [7, 11) is 0. The molecule has 1 aromatic heterocycles. The molecule has 0 aromatic carbocycles. The lowest BCUT2D eigenvalue weighted by molar-refractivity contribution is 0.0524. The number of hydrogen-bond acceptors (Lipinski definition) is 4. The van der Waals surface area contributed by atoms with Crippen molar-refractivity contribution in [3.05, 3.63) is 33.2 Å². The Hall–Kier alpha value is -2.09. The summed E-state index contributed by atoms with van der Waals surface area (Å²) in [6.45, 7) is 3.75. The molecule has 0 spiro atoms. The van der Waals surface area contributed by atoms with Gasteiger partial charge in [0.2, 0.25) is 0 Å². The molecular formula is C11H12N2O3. The molecule has 1 heterocycles. The molecule has 0 atom stereocenters. The van der Waals surface area contributed by atoms with E-state index in [9.17, 15) is 9.59 Å². The number of pyridine rings is 1. The molecule has 16 heavy (non-hydrogen) atoms. The van der Waals surface area contributed by atoms with Crippen LogP contribution in [0, 0.1) is 11.3 Å². The molecule has 0 saturated carbocycles. The fourth-order valence-electron chi connectivity index (χ4n) is 1.32. The maximum atomic E-state index is 11.6. The smallest absolute Gasteiger partial charge is 0.339 e. The standard InChI is InChI=1S/C11H12N2O3/c1-3-9-8(11(15)16-4-2)5-7(6-12)10(14)13-9/h5H,3-4H2,1-2H3,(H,13,14). The van der Waals surface area contributed by atoms with Crippen LogP contribution in [0.1, 0.15) is 35.5 Å². The Labute approximate surface area is 92.7 Å². The number of nitrogens with one attached hydrogen (secondary N) is 1. The van der Waals surface area contributed by atoms with E-state index in [2.05, 4.69) is 4.98 Å². The van der Waals surface area contributed by atoms with Gasteiger partial charge in [0.1, 0.15) is 11.6 Å². The van der Waals surface area contributed by atoms with Crippen LogP contribution >= 0.6 is 0 Å². The van der Waals surface area contributed by atoms with Crippen LogP contribution in [-0.2, 0) is 11.2 Å². The predicted octanol–water partition coefficient (Wildman–Crippen LogP) is 0.986. The lowest BCUT2D eigenvalue weighted by Gasteiger charge is -2.06. The van der Waals surface area contributed by atoms with E-state index in [1.54, 1.807) is 19.9 Å². The first-order valence-electron chi connectivity index (χ1n) is 4.97. The summed E-state index contributed by atoms with van der Waals surface area (Å²) < 4.78 is 4.84. The summed E-state index contributed by atoms with van der Waals surface area (Å²) in [5, 5.41) is 8.70. The van der Waals surface area contributed by atoms with Gasteiger partial charge in [0.05, 0.1) is 12.2 Å². The molecule has 5 heteroatoms. The van der Waals surface area contributed by atoms with E-state index in [0.717, 1.165) is 0 Å². The highest BCUT2D eigenvalue weighted by atomic mass is 16.5. The number of H-pyrrole nitrogens is 1. The molecule has 5 nitrogen and oxygen atoms in total. The van der Waals surface area contributed by atoms with Gasteiger partial charge in [-0.2, -0.15) is 5.26 Å². The largest absolute Gasteiger partial charge is 0.462 e. The Kier molecular flexibility index (Phi) is 3.84. The molecule has 0 bridgehead atoms. The van der Waals surface area contributed by atoms with Gasteiger partial charge in [-0.25, -0.2) is 4.79 Å². The van der Waals surface area contributed by atoms with Crippen molar-refractivity contribution in [3.8, 4) is 6.07 Å². The van der Waals surface area contributed by atoms with Gasteiger partial charge in [-0.05, 0) is 19.4 Å². The Balaban J connectivity index is 3.32. The topological polar surface area (TPSA) is 82.9 Å². The number of hydrogen-bond donors (Lipinski definition) is 1. The summed E-state index contributed by atoms with van der Waals surface area (Å²) in [4.78, 5) is 25.4. The molecule has 0 amide bonds. The fourth-order valence-corrected chi connectivity index (χ4v) is 1.32. The first-order valence-corrected chi connectivity index (χ1v) is 4.97. The third kappa shape index (κ3) is 2.28. The molecular weight excluding hydrogens is 208 g/mol. The van der Waals surface area contributed by atoms with Crippen molar-refractivity contribution in [3.63, 3.8) is 0 Å². The SMILES string of the molecule is CCOC(=O)c1cc(C#N)c(=O)[nH]c1CC. The minimum absolute atomic E-state index is 0.0831. The van der Waals surface area contributed by atoms with E-state index in [0.29, 0.717) is 12.1 Å². The summed E-state index contributed by atoms with van der Waals surface area (Å²) in [5.41, 5.74) is 0.176. The first-order chi connectivity index (χ1) is 7.63. The molecule has 84 valence electrons. The van der Waals surface area contributed by atoms with Gasteiger partial charge in [-0.15, -0.1) is 0 Å². The number of rotatable bonds is 3. The number of nitriles is 1. The lowest BCUT2D eigenvalue weighted by Crippen LogP contribution is -2.18. The van der Waals surface area contributed by atoms with Crippen LogP contribution < -0.4 is 5.56 Å². The molecule has 0 radical (unpaired) electrons. The van der Waals surface area contributed by atoms with Crippen LogP contribution in [-0.4, -0.2) is 17.6 Å². The maximum Gasteiger partial charge on any atom is 0.339 e. The van der Waals surface area contributed by atoms with Crippen LogP contribution in [0.4, 0.5) is 0 Å². The molecule has 1 aromatic rings. The van der Waals surface area contributed by atoms with Gasteiger partial charge in [-0.1, -0.05) is 6.92 Å². The maximum absolute atomic E-state index is 11.6. The van der Waals surface area contributed by atoms with Crippen molar-refractivity contribution in [2.75, 3.05) is 6.61 Å². The van der Waals surface area contributed by atoms with E-state index in [1.165, 1.54) is 6.07 Å². The van der Waals surface area contributed by atoms with Crippen molar-refractivity contribution in [2.24, 2.45) is 0 Å². The number of ether oxygens (including phenoxy) is 1. The highest BCUT2D eigenvalue weighted by Gasteiger charge is 2.14. The zero-order valence-corrected chi connectivity index (χ0v) is 9.16. The summed E-state index contributed by atoms with van der Waals surface area (Å²) in [6, 6.07) is 3.01. The average molecular weight is 220 g/mol. The van der Waals surface area contributed by atoms with Crippen LogP contribution in [0.15, 0.2) is 10.9 Å². The third-order valence-corrected chi connectivity index (χ3v) is 2.09. The summed E-state index contributed by atoms with van der Waals surface area (Å²) in [6.07, 6.45) is 0.495. The van der Waals surface area contributed by atoms with Gasteiger partial charge >= 0.3 is 5.97 Å². The molecule has 0 fully saturated rings. The monoisotopic (exact) mass is 220 g/mol. The highest BCUT2D eigenvalue weighted by molar-refractivity contribution is 5.90. The second-order valence-corrected chi connectivity index (χ2v) is 3.09. The van der Waals surface area contributed by atoms with E-state index in [1.807, 2.05) is 0 Å². The van der Waals surface area contributed by atoms with Crippen LogP contribution in [0.3, 0.4) is 0 Å². The Bertz CT molecular complexity index is 497. The average Bonchev–Trinajstić information content (AvgIpc) is 2.28. The number of esters is 1. The Morgan fingerprint density at radius 1 is 1.56 bits per heavy atom. The molecule has 0 aliphatic heterocycles. The normalized spacial score (nSPS) is 9.56. The zero-order valence-electron chi connectivity index (χ0n) is 9.16. The molecule has 0 unspecified atom stereocenters. The zero-order chi connectivity index (χ0) is 12.1. The van der Waals surface area contributed by atoms with Crippen molar-refractivity contribution < 1.29 is 9.53 Å². The third-order valence-electron chi connectivity index (χ3n) is 2.09.